The van der Waals surface area contributed by atoms with Crippen LogP contribution < -0.4 is 4.74 Å². The van der Waals surface area contributed by atoms with Crippen LogP contribution in [0.5, 0.6) is 5.75 Å². The van der Waals surface area contributed by atoms with Gasteiger partial charge in [0.15, 0.2) is 0 Å². The lowest BCUT2D eigenvalue weighted by atomic mass is 10.1. The SMILES string of the molecule is COc1ccccc1CC(=O)CCOCC(F)(F)F. The first kappa shape index (κ1) is 15.5. The molecule has 0 aliphatic carbocycles. The first-order chi connectivity index (χ1) is 8.92. The standard InChI is InChI=1S/C13H15F3O3/c1-18-12-5-3-2-4-10(12)8-11(17)6-7-19-9-13(14,15)16/h2-5H,6-9H2,1H3. The number of hydrogen-bond donors (Lipinski definition) is 0. The Kier molecular flexibility index (Phi) is 5.82. The number of ether oxygens (including phenoxy) is 2. The number of benzene rings is 1. The van der Waals surface area contributed by atoms with Crippen LogP contribution in [-0.4, -0.2) is 32.3 Å². The molecule has 19 heavy (non-hydrogen) atoms. The molecule has 1 aromatic rings. The maximum absolute atomic E-state index is 11.8. The lowest BCUT2D eigenvalue weighted by Crippen LogP contribution is -2.18. The molecule has 0 bridgehead atoms. The Morgan fingerprint density at radius 1 is 1.26 bits per heavy atom. The van der Waals surface area contributed by atoms with Gasteiger partial charge in [0.2, 0.25) is 0 Å². The monoisotopic (exact) mass is 276 g/mol. The van der Waals surface area contributed by atoms with Crippen molar-refractivity contribution in [2.24, 2.45) is 0 Å². The van der Waals surface area contributed by atoms with Gasteiger partial charge in [0.05, 0.1) is 13.7 Å². The summed E-state index contributed by atoms with van der Waals surface area (Å²) in [5.41, 5.74) is 0.714. The van der Waals surface area contributed by atoms with Crippen LogP contribution in [-0.2, 0) is 16.0 Å². The second-order valence-electron chi connectivity index (χ2n) is 3.95. The van der Waals surface area contributed by atoms with E-state index in [0.717, 1.165) is 0 Å². The highest BCUT2D eigenvalue weighted by molar-refractivity contribution is 5.81. The zero-order valence-electron chi connectivity index (χ0n) is 10.5. The van der Waals surface area contributed by atoms with E-state index in [1.807, 2.05) is 0 Å². The molecule has 0 amide bonds. The summed E-state index contributed by atoms with van der Waals surface area (Å²) in [7, 11) is 1.50. The van der Waals surface area contributed by atoms with Crippen molar-refractivity contribution in [3.05, 3.63) is 29.8 Å². The van der Waals surface area contributed by atoms with E-state index in [-0.39, 0.29) is 25.2 Å². The molecule has 0 spiro atoms. The molecule has 0 saturated carbocycles. The molecule has 0 radical (unpaired) electrons. The molecule has 0 aliphatic rings. The minimum Gasteiger partial charge on any atom is -0.496 e. The van der Waals surface area contributed by atoms with Crippen LogP contribution in [0.1, 0.15) is 12.0 Å². The second kappa shape index (κ2) is 7.13. The lowest BCUT2D eigenvalue weighted by Gasteiger charge is -2.08. The van der Waals surface area contributed by atoms with E-state index in [0.29, 0.717) is 11.3 Å². The molecule has 1 aromatic carbocycles. The van der Waals surface area contributed by atoms with E-state index < -0.39 is 12.8 Å². The van der Waals surface area contributed by atoms with E-state index in [2.05, 4.69) is 4.74 Å². The number of halogens is 3. The number of carbonyl (C=O) groups excluding carboxylic acids is 1. The first-order valence-corrected chi connectivity index (χ1v) is 5.70. The van der Waals surface area contributed by atoms with Gasteiger partial charge in [-0.05, 0) is 6.07 Å². The highest BCUT2D eigenvalue weighted by Crippen LogP contribution is 2.18. The number of carbonyl (C=O) groups is 1. The average Bonchev–Trinajstić information content (AvgIpc) is 2.34. The van der Waals surface area contributed by atoms with Crippen molar-refractivity contribution in [1.82, 2.24) is 0 Å². The number of Topliss-reactive ketones (excluding diaryl/α,β-unsaturated/α-hetero) is 1. The zero-order valence-corrected chi connectivity index (χ0v) is 10.5. The van der Waals surface area contributed by atoms with Gasteiger partial charge in [0.25, 0.3) is 0 Å². The van der Waals surface area contributed by atoms with Crippen molar-refractivity contribution in [1.29, 1.82) is 0 Å². The maximum Gasteiger partial charge on any atom is 0.411 e. The van der Waals surface area contributed by atoms with Crippen molar-refractivity contribution in [3.8, 4) is 5.75 Å². The number of methoxy groups -OCH3 is 1. The summed E-state index contributed by atoms with van der Waals surface area (Å²) in [6.45, 7) is -1.55. The van der Waals surface area contributed by atoms with E-state index >= 15 is 0 Å². The molecular weight excluding hydrogens is 261 g/mol. The molecule has 1 rings (SSSR count). The van der Waals surface area contributed by atoms with Gasteiger partial charge >= 0.3 is 6.18 Å². The Labute approximate surface area is 109 Å². The first-order valence-electron chi connectivity index (χ1n) is 5.70. The van der Waals surface area contributed by atoms with Crippen LogP contribution in [0.15, 0.2) is 24.3 Å². The molecule has 3 nitrogen and oxygen atoms in total. The van der Waals surface area contributed by atoms with E-state index in [1.165, 1.54) is 7.11 Å². The van der Waals surface area contributed by atoms with Gasteiger partial charge < -0.3 is 9.47 Å². The van der Waals surface area contributed by atoms with Gasteiger partial charge in [-0.2, -0.15) is 13.2 Å². The minimum atomic E-state index is -4.36. The average molecular weight is 276 g/mol. The summed E-state index contributed by atoms with van der Waals surface area (Å²) in [6.07, 6.45) is -4.28. The van der Waals surface area contributed by atoms with E-state index in [9.17, 15) is 18.0 Å². The van der Waals surface area contributed by atoms with Gasteiger partial charge in [-0.1, -0.05) is 18.2 Å². The third-order valence-electron chi connectivity index (χ3n) is 2.37. The minimum absolute atomic E-state index is 0.0475. The quantitative estimate of drug-likeness (QED) is 0.718. The molecule has 0 atom stereocenters. The summed E-state index contributed by atoms with van der Waals surface area (Å²) in [5.74, 6) is 0.402. The summed E-state index contributed by atoms with van der Waals surface area (Å²) in [6, 6.07) is 7.01. The summed E-state index contributed by atoms with van der Waals surface area (Å²) in [5, 5.41) is 0. The normalized spacial score (nSPS) is 11.4. The van der Waals surface area contributed by atoms with Crippen LogP contribution in [0.3, 0.4) is 0 Å². The highest BCUT2D eigenvalue weighted by atomic mass is 19.4. The fourth-order valence-electron chi connectivity index (χ4n) is 1.52. The van der Waals surface area contributed by atoms with E-state index in [4.69, 9.17) is 4.74 Å². The number of alkyl halides is 3. The van der Waals surface area contributed by atoms with Crippen molar-refractivity contribution in [3.63, 3.8) is 0 Å². The molecule has 6 heteroatoms. The fraction of sp³-hybridized carbons (Fsp3) is 0.462. The van der Waals surface area contributed by atoms with Crippen molar-refractivity contribution < 1.29 is 27.4 Å². The Hall–Kier alpha value is -1.56. The molecule has 106 valence electrons. The van der Waals surface area contributed by atoms with Crippen LogP contribution in [0, 0.1) is 0 Å². The van der Waals surface area contributed by atoms with Gasteiger partial charge in [0.1, 0.15) is 18.1 Å². The molecule has 0 N–H and O–H groups in total. The summed E-state index contributed by atoms with van der Waals surface area (Å²) < 4.78 is 44.9. The molecule has 0 saturated heterocycles. The van der Waals surface area contributed by atoms with Crippen LogP contribution in [0.2, 0.25) is 0 Å². The molecule has 0 fully saturated rings. The van der Waals surface area contributed by atoms with Gasteiger partial charge in [-0.3, -0.25) is 4.79 Å². The highest BCUT2D eigenvalue weighted by Gasteiger charge is 2.27. The van der Waals surface area contributed by atoms with Crippen LogP contribution in [0.4, 0.5) is 13.2 Å². The number of hydrogen-bond acceptors (Lipinski definition) is 3. The Bertz CT molecular complexity index is 416. The third kappa shape index (κ3) is 6.24. The predicted octanol–water partition coefficient (Wildman–Crippen LogP) is 2.78. The van der Waals surface area contributed by atoms with Crippen LogP contribution in [0.25, 0.3) is 0 Å². The Morgan fingerprint density at radius 3 is 2.58 bits per heavy atom. The van der Waals surface area contributed by atoms with Gasteiger partial charge in [0, 0.05) is 18.4 Å². The van der Waals surface area contributed by atoms with Gasteiger partial charge in [-0.25, -0.2) is 0 Å². The summed E-state index contributed by atoms with van der Waals surface area (Å²) in [4.78, 5) is 11.6. The number of rotatable bonds is 7. The topological polar surface area (TPSA) is 35.5 Å². The van der Waals surface area contributed by atoms with Crippen molar-refractivity contribution in [2.75, 3.05) is 20.3 Å². The molecular formula is C13H15F3O3. The molecule has 0 aromatic heterocycles. The maximum atomic E-state index is 11.8. The zero-order chi connectivity index (χ0) is 14.3. The molecule has 0 unspecified atom stereocenters. The number of para-hydroxylation sites is 1. The second-order valence-corrected chi connectivity index (χ2v) is 3.95. The predicted molar refractivity (Wildman–Crippen MR) is 63.2 cm³/mol. The lowest BCUT2D eigenvalue weighted by molar-refractivity contribution is -0.174. The fourth-order valence-corrected chi connectivity index (χ4v) is 1.52. The molecule has 0 heterocycles. The summed E-state index contributed by atoms with van der Waals surface area (Å²) >= 11 is 0. The van der Waals surface area contributed by atoms with Gasteiger partial charge in [-0.15, -0.1) is 0 Å². The Balaban J connectivity index is 2.35. The van der Waals surface area contributed by atoms with Crippen LogP contribution >= 0.6 is 0 Å². The molecule has 0 aliphatic heterocycles. The van der Waals surface area contributed by atoms with Crippen molar-refractivity contribution in [2.45, 2.75) is 19.0 Å². The largest absolute Gasteiger partial charge is 0.496 e. The Morgan fingerprint density at radius 2 is 1.95 bits per heavy atom. The van der Waals surface area contributed by atoms with Crippen molar-refractivity contribution >= 4 is 5.78 Å². The smallest absolute Gasteiger partial charge is 0.411 e. The number of ketones is 1. The van der Waals surface area contributed by atoms with E-state index in [1.54, 1.807) is 24.3 Å². The third-order valence-corrected chi connectivity index (χ3v) is 2.37.